The van der Waals surface area contributed by atoms with Crippen molar-refractivity contribution in [2.45, 2.75) is 63.8 Å². The first-order chi connectivity index (χ1) is 12.3. The standard InChI is InChI=1S/C18H30O8/c1-11(5-4-6-12(2)9-19)7-8-24-18-17(25-13(3)21)16(23)15(22)14(10-20)26-18/h6,14-20,22-23H,1,4-5,7-10H2,2-3H3. The molecule has 1 aliphatic heterocycles. The van der Waals surface area contributed by atoms with Crippen molar-refractivity contribution in [3.8, 4) is 0 Å². The van der Waals surface area contributed by atoms with Crippen LogP contribution < -0.4 is 0 Å². The fourth-order valence-corrected chi connectivity index (χ4v) is 2.54. The number of hydrogen-bond donors (Lipinski definition) is 4. The van der Waals surface area contributed by atoms with E-state index in [2.05, 4.69) is 6.58 Å². The minimum absolute atomic E-state index is 0.0341. The number of rotatable bonds is 10. The Bertz CT molecular complexity index is 490. The second kappa shape index (κ2) is 11.4. The zero-order valence-corrected chi connectivity index (χ0v) is 15.3. The third-order valence-electron chi connectivity index (χ3n) is 4.10. The van der Waals surface area contributed by atoms with Crippen molar-refractivity contribution in [1.29, 1.82) is 0 Å². The summed E-state index contributed by atoms with van der Waals surface area (Å²) in [6, 6.07) is 0. The number of carbonyl (C=O) groups is 1. The van der Waals surface area contributed by atoms with Crippen molar-refractivity contribution < 1.29 is 39.4 Å². The predicted molar refractivity (Wildman–Crippen MR) is 93.1 cm³/mol. The van der Waals surface area contributed by atoms with Crippen LogP contribution >= 0.6 is 0 Å². The van der Waals surface area contributed by atoms with E-state index in [1.807, 2.05) is 13.0 Å². The van der Waals surface area contributed by atoms with Crippen molar-refractivity contribution in [3.05, 3.63) is 23.8 Å². The molecule has 1 rings (SSSR count). The summed E-state index contributed by atoms with van der Waals surface area (Å²) in [5.41, 5.74) is 1.84. The largest absolute Gasteiger partial charge is 0.454 e. The Kier molecular flexibility index (Phi) is 10.0. The van der Waals surface area contributed by atoms with Gasteiger partial charge in [0.15, 0.2) is 12.4 Å². The molecule has 0 aromatic heterocycles. The van der Waals surface area contributed by atoms with E-state index in [9.17, 15) is 20.1 Å². The normalized spacial score (nSPS) is 29.5. The first-order valence-corrected chi connectivity index (χ1v) is 8.64. The number of carbonyl (C=O) groups excluding carboxylic acids is 1. The molecule has 8 nitrogen and oxygen atoms in total. The molecule has 0 amide bonds. The number of ether oxygens (including phenoxy) is 3. The minimum atomic E-state index is -1.43. The molecule has 0 aromatic carbocycles. The van der Waals surface area contributed by atoms with E-state index >= 15 is 0 Å². The molecule has 0 radical (unpaired) electrons. The Balaban J connectivity index is 2.53. The van der Waals surface area contributed by atoms with Crippen LogP contribution in [0.3, 0.4) is 0 Å². The molecule has 1 fully saturated rings. The van der Waals surface area contributed by atoms with E-state index in [-0.39, 0.29) is 13.2 Å². The summed E-state index contributed by atoms with van der Waals surface area (Å²) in [7, 11) is 0. The van der Waals surface area contributed by atoms with Crippen LogP contribution in [0.4, 0.5) is 0 Å². The lowest BCUT2D eigenvalue weighted by atomic mass is 9.99. The highest BCUT2D eigenvalue weighted by atomic mass is 16.7. The second-order valence-electron chi connectivity index (χ2n) is 6.40. The van der Waals surface area contributed by atoms with Gasteiger partial charge in [-0.15, -0.1) is 0 Å². The highest BCUT2D eigenvalue weighted by molar-refractivity contribution is 5.66. The van der Waals surface area contributed by atoms with E-state index in [1.54, 1.807) is 0 Å². The molecule has 1 heterocycles. The third kappa shape index (κ3) is 7.14. The first-order valence-electron chi connectivity index (χ1n) is 8.64. The molecule has 1 aliphatic rings. The van der Waals surface area contributed by atoms with Crippen molar-refractivity contribution in [2.24, 2.45) is 0 Å². The third-order valence-corrected chi connectivity index (χ3v) is 4.10. The van der Waals surface area contributed by atoms with Crippen LogP contribution in [0.1, 0.15) is 33.1 Å². The smallest absolute Gasteiger partial charge is 0.303 e. The van der Waals surface area contributed by atoms with E-state index in [0.717, 1.165) is 24.0 Å². The van der Waals surface area contributed by atoms with Crippen LogP contribution in [0.15, 0.2) is 23.8 Å². The number of aliphatic hydroxyl groups is 4. The lowest BCUT2D eigenvalue weighted by Crippen LogP contribution is -2.60. The van der Waals surface area contributed by atoms with E-state index in [4.69, 9.17) is 19.3 Å². The highest BCUT2D eigenvalue weighted by Crippen LogP contribution is 2.25. The fourth-order valence-electron chi connectivity index (χ4n) is 2.54. The average Bonchev–Trinajstić information content (AvgIpc) is 2.60. The van der Waals surface area contributed by atoms with Crippen LogP contribution in [-0.4, -0.2) is 76.9 Å². The van der Waals surface area contributed by atoms with Crippen LogP contribution in [0.2, 0.25) is 0 Å². The molecule has 0 aliphatic carbocycles. The van der Waals surface area contributed by atoms with Crippen LogP contribution in [-0.2, 0) is 19.0 Å². The summed E-state index contributed by atoms with van der Waals surface area (Å²) in [5, 5.41) is 38.2. The lowest BCUT2D eigenvalue weighted by Gasteiger charge is -2.41. The van der Waals surface area contributed by atoms with Crippen molar-refractivity contribution >= 4 is 5.97 Å². The summed E-state index contributed by atoms with van der Waals surface area (Å²) in [4.78, 5) is 11.2. The van der Waals surface area contributed by atoms with Gasteiger partial charge in [0.05, 0.1) is 19.8 Å². The van der Waals surface area contributed by atoms with Crippen molar-refractivity contribution in [3.63, 3.8) is 0 Å². The molecule has 0 spiro atoms. The van der Waals surface area contributed by atoms with Gasteiger partial charge < -0.3 is 34.6 Å². The zero-order chi connectivity index (χ0) is 19.7. The molecule has 0 bridgehead atoms. The SMILES string of the molecule is C=C(CCC=C(C)CO)CCOC1OC(CO)C(O)C(O)C1OC(C)=O. The Morgan fingerprint density at radius 3 is 2.46 bits per heavy atom. The van der Waals surface area contributed by atoms with E-state index in [1.165, 1.54) is 6.92 Å². The van der Waals surface area contributed by atoms with Crippen molar-refractivity contribution in [1.82, 2.24) is 0 Å². The molecule has 5 unspecified atom stereocenters. The molecular formula is C18H30O8. The maximum atomic E-state index is 11.2. The molecule has 1 saturated heterocycles. The second-order valence-corrected chi connectivity index (χ2v) is 6.40. The van der Waals surface area contributed by atoms with E-state index < -0.39 is 43.3 Å². The predicted octanol–water partition coefficient (Wildman–Crippen LogP) is 0.0388. The number of esters is 1. The van der Waals surface area contributed by atoms with Gasteiger partial charge in [-0.05, 0) is 26.2 Å². The molecule has 150 valence electrons. The van der Waals surface area contributed by atoms with Crippen LogP contribution in [0, 0.1) is 0 Å². The Morgan fingerprint density at radius 2 is 1.88 bits per heavy atom. The Hall–Kier alpha value is -1.29. The molecule has 0 aromatic rings. The minimum Gasteiger partial charge on any atom is -0.454 e. The highest BCUT2D eigenvalue weighted by Gasteiger charge is 2.46. The molecule has 0 saturated carbocycles. The van der Waals surface area contributed by atoms with Crippen molar-refractivity contribution in [2.75, 3.05) is 19.8 Å². The van der Waals surface area contributed by atoms with Gasteiger partial charge in [-0.25, -0.2) is 0 Å². The summed E-state index contributed by atoms with van der Waals surface area (Å²) in [6.07, 6.45) is -2.16. The van der Waals surface area contributed by atoms with Crippen LogP contribution in [0.25, 0.3) is 0 Å². The van der Waals surface area contributed by atoms with Gasteiger partial charge in [0.1, 0.15) is 18.3 Å². The molecule has 26 heavy (non-hydrogen) atoms. The van der Waals surface area contributed by atoms with Gasteiger partial charge in [0, 0.05) is 6.92 Å². The van der Waals surface area contributed by atoms with Gasteiger partial charge in [-0.3, -0.25) is 4.79 Å². The maximum Gasteiger partial charge on any atom is 0.303 e. The Morgan fingerprint density at radius 1 is 1.19 bits per heavy atom. The number of hydrogen-bond acceptors (Lipinski definition) is 8. The molecule has 5 atom stereocenters. The summed E-state index contributed by atoms with van der Waals surface area (Å²) in [6.45, 7) is 6.72. The fraction of sp³-hybridized carbons (Fsp3) is 0.722. The first kappa shape index (κ1) is 22.8. The molecule has 8 heteroatoms. The monoisotopic (exact) mass is 374 g/mol. The van der Waals surface area contributed by atoms with E-state index in [0.29, 0.717) is 6.42 Å². The average molecular weight is 374 g/mol. The van der Waals surface area contributed by atoms with Gasteiger partial charge in [0.2, 0.25) is 0 Å². The van der Waals surface area contributed by atoms with Gasteiger partial charge >= 0.3 is 5.97 Å². The maximum absolute atomic E-state index is 11.2. The number of aliphatic hydroxyl groups excluding tert-OH is 4. The topological polar surface area (TPSA) is 126 Å². The number of allylic oxidation sites excluding steroid dienone is 1. The van der Waals surface area contributed by atoms with Gasteiger partial charge in [-0.2, -0.15) is 0 Å². The lowest BCUT2D eigenvalue weighted by molar-refractivity contribution is -0.303. The summed E-state index contributed by atoms with van der Waals surface area (Å²) < 4.78 is 16.0. The van der Waals surface area contributed by atoms with Gasteiger partial charge in [-0.1, -0.05) is 23.8 Å². The van der Waals surface area contributed by atoms with Crippen LogP contribution in [0.5, 0.6) is 0 Å². The Labute approximate surface area is 153 Å². The molecular weight excluding hydrogens is 344 g/mol. The zero-order valence-electron chi connectivity index (χ0n) is 15.3. The molecule has 4 N–H and O–H groups in total. The quantitative estimate of drug-likeness (QED) is 0.312. The van der Waals surface area contributed by atoms with Gasteiger partial charge in [0.25, 0.3) is 0 Å². The summed E-state index contributed by atoms with van der Waals surface area (Å²) >= 11 is 0. The summed E-state index contributed by atoms with van der Waals surface area (Å²) in [5.74, 6) is -0.642.